The molecule has 1 aliphatic heterocycles. The highest BCUT2D eigenvalue weighted by atomic mass is 32.2. The fraction of sp³-hybridized carbons (Fsp3) is 0.471. The van der Waals surface area contributed by atoms with Crippen LogP contribution in [0.3, 0.4) is 0 Å². The molecule has 0 bridgehead atoms. The van der Waals surface area contributed by atoms with Crippen LogP contribution in [0.15, 0.2) is 15.7 Å². The SMILES string of the molecule is CSc1sc(C(=O)NNC(=O)OCC2COC(C)(C)O2)cc1-c1nc(C)cs1. The van der Waals surface area contributed by atoms with Crippen molar-refractivity contribution in [3.63, 3.8) is 0 Å². The first kappa shape index (κ1) is 21.1. The molecule has 2 aromatic heterocycles. The van der Waals surface area contributed by atoms with Crippen molar-refractivity contribution >= 4 is 46.4 Å². The van der Waals surface area contributed by atoms with Gasteiger partial charge in [0.25, 0.3) is 5.91 Å². The maximum atomic E-state index is 12.4. The molecular weight excluding hydrogens is 422 g/mol. The van der Waals surface area contributed by atoms with Gasteiger partial charge in [-0.2, -0.15) is 0 Å². The highest BCUT2D eigenvalue weighted by Crippen LogP contribution is 2.39. The second-order valence-corrected chi connectivity index (χ2v) is 9.42. The Labute approximate surface area is 174 Å². The van der Waals surface area contributed by atoms with E-state index >= 15 is 0 Å². The summed E-state index contributed by atoms with van der Waals surface area (Å²) in [5.74, 6) is -1.10. The van der Waals surface area contributed by atoms with Crippen LogP contribution in [-0.2, 0) is 14.2 Å². The molecule has 1 atom stereocenters. The predicted molar refractivity (Wildman–Crippen MR) is 109 cm³/mol. The summed E-state index contributed by atoms with van der Waals surface area (Å²) in [4.78, 5) is 29.1. The molecule has 28 heavy (non-hydrogen) atoms. The molecule has 0 radical (unpaired) electrons. The summed E-state index contributed by atoms with van der Waals surface area (Å²) in [6.45, 7) is 5.89. The minimum atomic E-state index is -0.765. The van der Waals surface area contributed by atoms with Gasteiger partial charge in [-0.3, -0.25) is 10.2 Å². The number of thiophene rings is 1. The molecule has 3 rings (SSSR count). The quantitative estimate of drug-likeness (QED) is 0.540. The summed E-state index contributed by atoms with van der Waals surface area (Å²) in [5, 5.41) is 2.83. The zero-order chi connectivity index (χ0) is 20.3. The Hall–Kier alpha value is -1.66. The summed E-state index contributed by atoms with van der Waals surface area (Å²) in [6, 6.07) is 1.78. The molecule has 152 valence electrons. The lowest BCUT2D eigenvalue weighted by Gasteiger charge is -2.17. The summed E-state index contributed by atoms with van der Waals surface area (Å²) in [6.07, 6.45) is 0.852. The Balaban J connectivity index is 1.52. The Morgan fingerprint density at radius 1 is 1.43 bits per heavy atom. The summed E-state index contributed by atoms with van der Waals surface area (Å²) in [7, 11) is 0. The van der Waals surface area contributed by atoms with Crippen molar-refractivity contribution in [2.24, 2.45) is 0 Å². The highest BCUT2D eigenvalue weighted by Gasteiger charge is 2.33. The number of carbonyl (C=O) groups excluding carboxylic acids is 2. The van der Waals surface area contributed by atoms with Crippen molar-refractivity contribution in [2.45, 2.75) is 36.9 Å². The standard InChI is InChI=1S/C17H21N3O5S3/c1-9-8-27-14(18-9)11-5-12(28-15(11)26-4)13(21)19-20-16(22)23-6-10-7-24-17(2,3)25-10/h5,8,10H,6-7H2,1-4H3,(H,19,21)(H,20,22). The number of aromatic nitrogens is 1. The van der Waals surface area contributed by atoms with Gasteiger partial charge in [-0.05, 0) is 33.1 Å². The molecule has 2 aromatic rings. The van der Waals surface area contributed by atoms with E-state index in [4.69, 9.17) is 14.2 Å². The van der Waals surface area contributed by atoms with Crippen LogP contribution in [0.2, 0.25) is 0 Å². The van der Waals surface area contributed by atoms with Crippen molar-refractivity contribution in [3.05, 3.63) is 22.0 Å². The van der Waals surface area contributed by atoms with Gasteiger partial charge in [0.15, 0.2) is 5.79 Å². The van der Waals surface area contributed by atoms with E-state index in [9.17, 15) is 9.59 Å². The number of hydrogen-bond acceptors (Lipinski definition) is 9. The Morgan fingerprint density at radius 3 is 2.82 bits per heavy atom. The van der Waals surface area contributed by atoms with Crippen LogP contribution in [0.25, 0.3) is 10.6 Å². The molecule has 1 saturated heterocycles. The molecule has 1 unspecified atom stereocenters. The molecule has 2 N–H and O–H groups in total. The van der Waals surface area contributed by atoms with Crippen molar-refractivity contribution in [2.75, 3.05) is 19.5 Å². The average Bonchev–Trinajstić information content (AvgIpc) is 3.35. The van der Waals surface area contributed by atoms with E-state index in [2.05, 4.69) is 15.8 Å². The van der Waals surface area contributed by atoms with Crippen LogP contribution >= 0.6 is 34.4 Å². The number of aryl methyl sites for hydroxylation is 1. The normalized spacial score (nSPS) is 18.1. The number of thioether (sulfide) groups is 1. The van der Waals surface area contributed by atoms with E-state index in [0.717, 1.165) is 20.5 Å². The molecule has 0 aliphatic carbocycles. The van der Waals surface area contributed by atoms with E-state index in [1.54, 1.807) is 31.7 Å². The minimum Gasteiger partial charge on any atom is -0.445 e. The number of carbonyl (C=O) groups is 2. The average molecular weight is 444 g/mol. The lowest BCUT2D eigenvalue weighted by atomic mass is 10.3. The Kier molecular flexibility index (Phi) is 6.61. The number of hydrogen-bond donors (Lipinski definition) is 2. The Bertz CT molecular complexity index is 864. The van der Waals surface area contributed by atoms with Gasteiger partial charge in [0.1, 0.15) is 17.7 Å². The third-order valence-corrected chi connectivity index (χ3v) is 6.96. The topological polar surface area (TPSA) is 98.8 Å². The smallest absolute Gasteiger partial charge is 0.426 e. The van der Waals surface area contributed by atoms with Crippen LogP contribution in [0.4, 0.5) is 4.79 Å². The number of amides is 2. The van der Waals surface area contributed by atoms with Gasteiger partial charge in [0.2, 0.25) is 0 Å². The van der Waals surface area contributed by atoms with Gasteiger partial charge in [-0.1, -0.05) is 0 Å². The number of thiazole rings is 1. The molecule has 0 saturated carbocycles. The Morgan fingerprint density at radius 2 is 2.21 bits per heavy atom. The summed E-state index contributed by atoms with van der Waals surface area (Å²) >= 11 is 4.43. The second-order valence-electron chi connectivity index (χ2n) is 6.44. The molecule has 11 heteroatoms. The van der Waals surface area contributed by atoms with Crippen LogP contribution < -0.4 is 10.9 Å². The fourth-order valence-corrected chi connectivity index (χ4v) is 5.20. The van der Waals surface area contributed by atoms with Gasteiger partial charge in [-0.25, -0.2) is 15.2 Å². The predicted octanol–water partition coefficient (Wildman–Crippen LogP) is 3.42. The lowest BCUT2D eigenvalue weighted by Crippen LogP contribution is -2.42. The molecule has 8 nitrogen and oxygen atoms in total. The van der Waals surface area contributed by atoms with E-state index in [-0.39, 0.29) is 12.7 Å². The van der Waals surface area contributed by atoms with Crippen molar-refractivity contribution in [3.8, 4) is 10.6 Å². The van der Waals surface area contributed by atoms with Crippen LogP contribution in [0.1, 0.15) is 29.2 Å². The van der Waals surface area contributed by atoms with E-state index in [1.165, 1.54) is 22.7 Å². The zero-order valence-electron chi connectivity index (χ0n) is 15.9. The van der Waals surface area contributed by atoms with Crippen LogP contribution in [0.5, 0.6) is 0 Å². The van der Waals surface area contributed by atoms with E-state index in [1.807, 2.05) is 18.6 Å². The van der Waals surface area contributed by atoms with Gasteiger partial charge in [0, 0.05) is 16.6 Å². The molecule has 3 heterocycles. The van der Waals surface area contributed by atoms with Crippen molar-refractivity contribution in [1.82, 2.24) is 15.8 Å². The van der Waals surface area contributed by atoms with E-state index < -0.39 is 17.8 Å². The van der Waals surface area contributed by atoms with Crippen LogP contribution in [0, 0.1) is 6.92 Å². The first-order valence-corrected chi connectivity index (χ1v) is 11.3. The highest BCUT2D eigenvalue weighted by molar-refractivity contribution is 8.00. The lowest BCUT2D eigenvalue weighted by molar-refractivity contribution is -0.142. The monoisotopic (exact) mass is 443 g/mol. The molecule has 0 spiro atoms. The zero-order valence-corrected chi connectivity index (χ0v) is 18.3. The van der Waals surface area contributed by atoms with Crippen molar-refractivity contribution in [1.29, 1.82) is 0 Å². The van der Waals surface area contributed by atoms with Gasteiger partial charge in [-0.15, -0.1) is 34.4 Å². The third kappa shape index (κ3) is 5.23. The molecular formula is C17H21N3O5S3. The first-order chi connectivity index (χ1) is 13.3. The minimum absolute atomic E-state index is 0.0360. The largest absolute Gasteiger partial charge is 0.445 e. The second kappa shape index (κ2) is 8.78. The van der Waals surface area contributed by atoms with Gasteiger partial charge >= 0.3 is 6.09 Å². The maximum absolute atomic E-state index is 12.4. The first-order valence-electron chi connectivity index (χ1n) is 8.42. The molecule has 1 aliphatic rings. The number of rotatable bonds is 5. The number of hydrazine groups is 1. The fourth-order valence-electron chi connectivity index (χ4n) is 2.48. The van der Waals surface area contributed by atoms with Gasteiger partial charge < -0.3 is 14.2 Å². The molecule has 0 aromatic carbocycles. The number of nitrogens with one attached hydrogen (secondary N) is 2. The molecule has 1 fully saturated rings. The summed E-state index contributed by atoms with van der Waals surface area (Å²) < 4.78 is 17.0. The molecule has 2 amide bonds. The number of nitrogens with zero attached hydrogens (tertiary/aromatic N) is 1. The third-order valence-electron chi connectivity index (χ3n) is 3.70. The maximum Gasteiger partial charge on any atom is 0.426 e. The summed E-state index contributed by atoms with van der Waals surface area (Å²) in [5.41, 5.74) is 6.47. The van der Waals surface area contributed by atoms with Crippen LogP contribution in [-0.4, -0.2) is 48.3 Å². The van der Waals surface area contributed by atoms with E-state index in [0.29, 0.717) is 11.5 Å². The number of ether oxygens (including phenoxy) is 3. The van der Waals surface area contributed by atoms with Gasteiger partial charge in [0.05, 0.1) is 15.7 Å². The van der Waals surface area contributed by atoms with Crippen molar-refractivity contribution < 1.29 is 23.8 Å².